The fraction of sp³-hybridized carbons (Fsp3) is 0.800. The van der Waals surface area contributed by atoms with Crippen LogP contribution < -0.4 is 5.73 Å². The van der Waals surface area contributed by atoms with Gasteiger partial charge in [0.05, 0.1) is 6.61 Å². The van der Waals surface area contributed by atoms with E-state index in [0.717, 1.165) is 39.1 Å². The third kappa shape index (κ3) is 3.89. The van der Waals surface area contributed by atoms with Crippen molar-refractivity contribution < 1.29 is 4.74 Å². The van der Waals surface area contributed by atoms with Crippen molar-refractivity contribution in [1.29, 1.82) is 0 Å². The molecule has 2 N–H and O–H groups in total. The van der Waals surface area contributed by atoms with E-state index >= 15 is 0 Å². The van der Waals surface area contributed by atoms with Gasteiger partial charge in [-0.05, 0) is 12.8 Å². The highest BCUT2D eigenvalue weighted by Gasteiger charge is 2.39. The lowest BCUT2D eigenvalue weighted by Gasteiger charge is -2.23. The molecule has 0 bridgehead atoms. The maximum atomic E-state index is 6.03. The molecule has 1 aliphatic carbocycles. The van der Waals surface area contributed by atoms with Crippen LogP contribution in [0.4, 0.5) is 0 Å². The maximum absolute atomic E-state index is 6.03. The fourth-order valence-corrected chi connectivity index (χ4v) is 1.40. The number of hydrogen-bond acceptors (Lipinski definition) is 3. The molecule has 1 rings (SSSR count). The molecule has 0 aliphatic heterocycles. The molecule has 0 heterocycles. The van der Waals surface area contributed by atoms with Crippen molar-refractivity contribution in [2.45, 2.75) is 18.4 Å². The van der Waals surface area contributed by atoms with Crippen molar-refractivity contribution in [3.8, 4) is 0 Å². The number of nitrogens with zero attached hydrogens (tertiary/aromatic N) is 1. The third-order valence-electron chi connectivity index (χ3n) is 2.43. The highest BCUT2D eigenvalue weighted by atomic mass is 16.5. The van der Waals surface area contributed by atoms with Gasteiger partial charge in [-0.1, -0.05) is 6.08 Å². The SMILES string of the molecule is C=CCN(CCOC)CC1(N)CC1. The van der Waals surface area contributed by atoms with E-state index in [0.29, 0.717) is 0 Å². The molecule has 0 radical (unpaired) electrons. The molecule has 0 aromatic heterocycles. The zero-order chi connectivity index (χ0) is 9.73. The van der Waals surface area contributed by atoms with E-state index in [4.69, 9.17) is 10.5 Å². The molecule has 1 fully saturated rings. The first kappa shape index (κ1) is 10.7. The zero-order valence-electron chi connectivity index (χ0n) is 8.46. The Kier molecular flexibility index (Phi) is 3.90. The number of hydrogen-bond donors (Lipinski definition) is 1. The van der Waals surface area contributed by atoms with Crippen LogP contribution in [-0.4, -0.2) is 43.8 Å². The van der Waals surface area contributed by atoms with Gasteiger partial charge >= 0.3 is 0 Å². The molecule has 1 saturated carbocycles. The molecule has 0 unspecified atom stereocenters. The van der Waals surface area contributed by atoms with Crippen LogP contribution in [-0.2, 0) is 4.74 Å². The predicted molar refractivity (Wildman–Crippen MR) is 54.7 cm³/mol. The Morgan fingerprint density at radius 1 is 1.62 bits per heavy atom. The van der Waals surface area contributed by atoms with E-state index in [1.165, 1.54) is 0 Å². The van der Waals surface area contributed by atoms with Gasteiger partial charge in [0.25, 0.3) is 0 Å². The lowest BCUT2D eigenvalue weighted by atomic mass is 10.2. The lowest BCUT2D eigenvalue weighted by Crippen LogP contribution is -2.40. The van der Waals surface area contributed by atoms with Gasteiger partial charge in [-0.2, -0.15) is 0 Å². The summed E-state index contributed by atoms with van der Waals surface area (Å²) >= 11 is 0. The van der Waals surface area contributed by atoms with Gasteiger partial charge in [-0.15, -0.1) is 6.58 Å². The number of nitrogens with two attached hydrogens (primary N) is 1. The van der Waals surface area contributed by atoms with Crippen LogP contribution in [0.25, 0.3) is 0 Å². The Labute approximate surface area is 80.5 Å². The summed E-state index contributed by atoms with van der Waals surface area (Å²) in [6, 6.07) is 0. The van der Waals surface area contributed by atoms with E-state index in [1.807, 2.05) is 6.08 Å². The predicted octanol–water partition coefficient (Wildman–Crippen LogP) is 0.612. The Hall–Kier alpha value is -0.380. The van der Waals surface area contributed by atoms with E-state index in [-0.39, 0.29) is 5.54 Å². The quantitative estimate of drug-likeness (QED) is 0.589. The lowest BCUT2D eigenvalue weighted by molar-refractivity contribution is 0.149. The third-order valence-corrected chi connectivity index (χ3v) is 2.43. The first-order valence-corrected chi connectivity index (χ1v) is 4.81. The van der Waals surface area contributed by atoms with E-state index in [1.54, 1.807) is 7.11 Å². The average Bonchev–Trinajstić information content (AvgIpc) is 2.80. The maximum Gasteiger partial charge on any atom is 0.0589 e. The van der Waals surface area contributed by atoms with Crippen molar-refractivity contribution in [2.75, 3.05) is 33.4 Å². The summed E-state index contributed by atoms with van der Waals surface area (Å²) in [6.45, 7) is 7.33. The Morgan fingerprint density at radius 3 is 2.77 bits per heavy atom. The number of rotatable bonds is 7. The van der Waals surface area contributed by atoms with Gasteiger partial charge < -0.3 is 10.5 Å². The molecule has 0 amide bonds. The molecule has 0 saturated heterocycles. The van der Waals surface area contributed by atoms with Crippen molar-refractivity contribution in [2.24, 2.45) is 5.73 Å². The van der Waals surface area contributed by atoms with Crippen LogP contribution in [0, 0.1) is 0 Å². The number of ether oxygens (including phenoxy) is 1. The second-order valence-corrected chi connectivity index (χ2v) is 3.88. The second-order valence-electron chi connectivity index (χ2n) is 3.88. The molecule has 3 nitrogen and oxygen atoms in total. The molecule has 3 heteroatoms. The largest absolute Gasteiger partial charge is 0.383 e. The van der Waals surface area contributed by atoms with E-state index in [2.05, 4.69) is 11.5 Å². The minimum atomic E-state index is 0.0940. The van der Waals surface area contributed by atoms with Gasteiger partial charge in [0.1, 0.15) is 0 Å². The summed E-state index contributed by atoms with van der Waals surface area (Å²) in [5, 5.41) is 0. The smallest absolute Gasteiger partial charge is 0.0589 e. The van der Waals surface area contributed by atoms with Gasteiger partial charge in [-0.25, -0.2) is 0 Å². The average molecular weight is 184 g/mol. The molecule has 1 aliphatic rings. The topological polar surface area (TPSA) is 38.5 Å². The van der Waals surface area contributed by atoms with Crippen molar-refractivity contribution in [3.63, 3.8) is 0 Å². The zero-order valence-corrected chi connectivity index (χ0v) is 8.46. The normalized spacial score (nSPS) is 19.0. The highest BCUT2D eigenvalue weighted by molar-refractivity contribution is 5.01. The van der Waals surface area contributed by atoms with Crippen molar-refractivity contribution in [3.05, 3.63) is 12.7 Å². The Bertz CT molecular complexity index is 166. The summed E-state index contributed by atoms with van der Waals surface area (Å²) in [4.78, 5) is 2.30. The summed E-state index contributed by atoms with van der Waals surface area (Å²) in [5.74, 6) is 0. The Balaban J connectivity index is 2.24. The van der Waals surface area contributed by atoms with Crippen LogP contribution in [0.3, 0.4) is 0 Å². The minimum Gasteiger partial charge on any atom is -0.383 e. The van der Waals surface area contributed by atoms with Gasteiger partial charge in [0.2, 0.25) is 0 Å². The monoisotopic (exact) mass is 184 g/mol. The first-order chi connectivity index (χ1) is 6.20. The summed E-state index contributed by atoms with van der Waals surface area (Å²) in [5.41, 5.74) is 6.13. The van der Waals surface area contributed by atoms with Crippen LogP contribution in [0.5, 0.6) is 0 Å². The summed E-state index contributed by atoms with van der Waals surface area (Å²) in [6.07, 6.45) is 4.24. The van der Waals surface area contributed by atoms with Crippen LogP contribution in [0.2, 0.25) is 0 Å². The number of methoxy groups -OCH3 is 1. The van der Waals surface area contributed by atoms with Gasteiger partial charge in [0, 0.05) is 32.3 Å². The molecular weight excluding hydrogens is 164 g/mol. The first-order valence-electron chi connectivity index (χ1n) is 4.81. The summed E-state index contributed by atoms with van der Waals surface area (Å²) < 4.78 is 5.04. The molecule has 0 spiro atoms. The molecular formula is C10H20N2O. The van der Waals surface area contributed by atoms with Crippen LogP contribution >= 0.6 is 0 Å². The Morgan fingerprint density at radius 2 is 2.31 bits per heavy atom. The fourth-order valence-electron chi connectivity index (χ4n) is 1.40. The molecule has 0 atom stereocenters. The van der Waals surface area contributed by atoms with Crippen LogP contribution in [0.15, 0.2) is 12.7 Å². The molecule has 13 heavy (non-hydrogen) atoms. The molecule has 0 aromatic carbocycles. The van der Waals surface area contributed by atoms with Gasteiger partial charge in [-0.3, -0.25) is 4.90 Å². The molecule has 76 valence electrons. The molecule has 0 aromatic rings. The summed E-state index contributed by atoms with van der Waals surface area (Å²) in [7, 11) is 1.72. The van der Waals surface area contributed by atoms with Crippen LogP contribution in [0.1, 0.15) is 12.8 Å². The second kappa shape index (κ2) is 4.74. The van der Waals surface area contributed by atoms with Crippen molar-refractivity contribution in [1.82, 2.24) is 4.90 Å². The van der Waals surface area contributed by atoms with E-state index in [9.17, 15) is 0 Å². The van der Waals surface area contributed by atoms with Crippen molar-refractivity contribution >= 4 is 0 Å². The standard InChI is InChI=1S/C10H20N2O/c1-3-6-12(7-8-13-2)9-10(11)4-5-10/h3H,1,4-9,11H2,2H3. The van der Waals surface area contributed by atoms with E-state index < -0.39 is 0 Å². The van der Waals surface area contributed by atoms with Gasteiger partial charge in [0.15, 0.2) is 0 Å². The minimum absolute atomic E-state index is 0.0940. The highest BCUT2D eigenvalue weighted by Crippen LogP contribution is 2.32.